The summed E-state index contributed by atoms with van der Waals surface area (Å²) in [5.41, 5.74) is 5.59. The van der Waals surface area contributed by atoms with Crippen molar-refractivity contribution in [2.45, 2.75) is 39.7 Å². The Morgan fingerprint density at radius 1 is 1.33 bits per heavy atom. The first-order chi connectivity index (χ1) is 8.65. The van der Waals surface area contributed by atoms with E-state index in [4.69, 9.17) is 5.73 Å². The van der Waals surface area contributed by atoms with E-state index in [1.807, 2.05) is 16.9 Å². The Morgan fingerprint density at radius 3 is 2.61 bits per heavy atom. The maximum atomic E-state index is 5.59. The highest BCUT2D eigenvalue weighted by Gasteiger charge is 2.20. The molecule has 2 rings (SSSR count). The summed E-state index contributed by atoms with van der Waals surface area (Å²) in [7, 11) is 0. The minimum atomic E-state index is 0.618. The van der Waals surface area contributed by atoms with Crippen LogP contribution in [0.15, 0.2) is 12.3 Å². The molecule has 0 saturated carbocycles. The fraction of sp³-hybridized carbons (Fsp3) is 0.786. The summed E-state index contributed by atoms with van der Waals surface area (Å²) in [4.78, 5) is 2.59. The highest BCUT2D eigenvalue weighted by molar-refractivity contribution is 5.23. The van der Waals surface area contributed by atoms with Crippen molar-refractivity contribution in [2.24, 2.45) is 11.8 Å². The standard InChI is InChI=1S/C14H26N4/c1-12(2)13-4-9-17(10-5-13)7-3-8-18-11-6-14(15)16-18/h6,11-13H,3-5,7-10H2,1-2H3,(H2,15,16). The molecule has 4 heteroatoms. The van der Waals surface area contributed by atoms with Crippen molar-refractivity contribution in [1.82, 2.24) is 14.7 Å². The van der Waals surface area contributed by atoms with Gasteiger partial charge in [0.05, 0.1) is 0 Å². The van der Waals surface area contributed by atoms with Crippen LogP contribution in [0.3, 0.4) is 0 Å². The van der Waals surface area contributed by atoms with Crippen LogP contribution < -0.4 is 5.73 Å². The molecule has 1 fully saturated rings. The highest BCUT2D eigenvalue weighted by Crippen LogP contribution is 2.24. The lowest BCUT2D eigenvalue weighted by molar-refractivity contribution is 0.154. The summed E-state index contributed by atoms with van der Waals surface area (Å²) in [6.07, 6.45) is 5.85. The van der Waals surface area contributed by atoms with Crippen molar-refractivity contribution in [2.75, 3.05) is 25.4 Å². The van der Waals surface area contributed by atoms with Gasteiger partial charge in [0.2, 0.25) is 0 Å². The molecule has 1 aromatic rings. The molecule has 1 aromatic heterocycles. The molecule has 0 bridgehead atoms. The van der Waals surface area contributed by atoms with E-state index in [9.17, 15) is 0 Å². The molecule has 0 amide bonds. The van der Waals surface area contributed by atoms with Crippen LogP contribution in [-0.4, -0.2) is 34.3 Å². The first-order valence-corrected chi connectivity index (χ1v) is 7.16. The molecule has 2 heterocycles. The quantitative estimate of drug-likeness (QED) is 0.871. The summed E-state index contributed by atoms with van der Waals surface area (Å²) in [6, 6.07) is 1.86. The summed E-state index contributed by atoms with van der Waals surface area (Å²) >= 11 is 0. The topological polar surface area (TPSA) is 47.1 Å². The van der Waals surface area contributed by atoms with E-state index >= 15 is 0 Å². The number of aromatic nitrogens is 2. The van der Waals surface area contributed by atoms with Crippen LogP contribution in [0.4, 0.5) is 5.82 Å². The number of nitrogens with zero attached hydrogens (tertiary/aromatic N) is 3. The minimum Gasteiger partial charge on any atom is -0.382 e. The summed E-state index contributed by atoms with van der Waals surface area (Å²) in [6.45, 7) is 9.39. The van der Waals surface area contributed by atoms with Crippen molar-refractivity contribution in [3.05, 3.63) is 12.3 Å². The number of aryl methyl sites for hydroxylation is 1. The Balaban J connectivity index is 1.63. The van der Waals surface area contributed by atoms with Gasteiger partial charge in [0, 0.05) is 12.7 Å². The number of nitrogen functional groups attached to an aromatic ring is 1. The highest BCUT2D eigenvalue weighted by atomic mass is 15.3. The van der Waals surface area contributed by atoms with Gasteiger partial charge in [-0.15, -0.1) is 0 Å². The third-order valence-corrected chi connectivity index (χ3v) is 4.10. The zero-order chi connectivity index (χ0) is 13.0. The fourth-order valence-electron chi connectivity index (χ4n) is 2.80. The van der Waals surface area contributed by atoms with Gasteiger partial charge in [0.15, 0.2) is 0 Å². The molecule has 1 saturated heterocycles. The van der Waals surface area contributed by atoms with Crippen molar-refractivity contribution < 1.29 is 0 Å². The number of anilines is 1. The molecular weight excluding hydrogens is 224 g/mol. The van der Waals surface area contributed by atoms with E-state index in [0.29, 0.717) is 5.82 Å². The van der Waals surface area contributed by atoms with Gasteiger partial charge < -0.3 is 10.6 Å². The number of likely N-dealkylation sites (tertiary alicyclic amines) is 1. The van der Waals surface area contributed by atoms with Gasteiger partial charge in [-0.25, -0.2) is 0 Å². The van der Waals surface area contributed by atoms with Gasteiger partial charge in [-0.1, -0.05) is 13.8 Å². The first-order valence-electron chi connectivity index (χ1n) is 7.16. The van der Waals surface area contributed by atoms with Gasteiger partial charge in [-0.05, 0) is 56.8 Å². The molecule has 2 N–H and O–H groups in total. The molecule has 4 nitrogen and oxygen atoms in total. The number of piperidine rings is 1. The second kappa shape index (κ2) is 6.23. The van der Waals surface area contributed by atoms with Crippen LogP contribution in [0.5, 0.6) is 0 Å². The Kier molecular flexibility index (Phi) is 4.64. The maximum absolute atomic E-state index is 5.59. The van der Waals surface area contributed by atoms with Crippen molar-refractivity contribution >= 4 is 5.82 Å². The number of hydrogen-bond donors (Lipinski definition) is 1. The Hall–Kier alpha value is -1.03. The predicted molar refractivity (Wildman–Crippen MR) is 75.3 cm³/mol. The van der Waals surface area contributed by atoms with E-state index in [0.717, 1.165) is 24.8 Å². The van der Waals surface area contributed by atoms with Crippen LogP contribution in [0.1, 0.15) is 33.1 Å². The molecule has 0 unspecified atom stereocenters. The van der Waals surface area contributed by atoms with E-state index in [1.165, 1.54) is 32.5 Å². The molecule has 0 spiro atoms. The third-order valence-electron chi connectivity index (χ3n) is 4.10. The largest absolute Gasteiger partial charge is 0.382 e. The zero-order valence-electron chi connectivity index (χ0n) is 11.7. The molecule has 0 aliphatic carbocycles. The molecule has 1 aliphatic rings. The molecule has 18 heavy (non-hydrogen) atoms. The van der Waals surface area contributed by atoms with Gasteiger partial charge in [0.25, 0.3) is 0 Å². The maximum Gasteiger partial charge on any atom is 0.145 e. The van der Waals surface area contributed by atoms with Crippen LogP contribution in [0.2, 0.25) is 0 Å². The summed E-state index contributed by atoms with van der Waals surface area (Å²) < 4.78 is 1.94. The van der Waals surface area contributed by atoms with Gasteiger partial charge in [0.1, 0.15) is 5.82 Å². The second-order valence-corrected chi connectivity index (χ2v) is 5.78. The Labute approximate surface area is 110 Å². The van der Waals surface area contributed by atoms with Gasteiger partial charge >= 0.3 is 0 Å². The SMILES string of the molecule is CC(C)C1CCN(CCCn2ccc(N)n2)CC1. The van der Waals surface area contributed by atoms with Crippen molar-refractivity contribution in [3.63, 3.8) is 0 Å². The summed E-state index contributed by atoms with van der Waals surface area (Å²) in [5.74, 6) is 2.40. The lowest BCUT2D eigenvalue weighted by Gasteiger charge is -2.33. The van der Waals surface area contributed by atoms with Crippen LogP contribution >= 0.6 is 0 Å². The van der Waals surface area contributed by atoms with Crippen LogP contribution in [-0.2, 0) is 6.54 Å². The lowest BCUT2D eigenvalue weighted by atomic mass is 9.87. The smallest absolute Gasteiger partial charge is 0.145 e. The average Bonchev–Trinajstić information content (AvgIpc) is 2.76. The van der Waals surface area contributed by atoms with Crippen LogP contribution in [0.25, 0.3) is 0 Å². The normalized spacial score (nSPS) is 18.6. The molecular formula is C14H26N4. The van der Waals surface area contributed by atoms with E-state index in [-0.39, 0.29) is 0 Å². The Morgan fingerprint density at radius 2 is 2.06 bits per heavy atom. The van der Waals surface area contributed by atoms with Crippen molar-refractivity contribution in [3.8, 4) is 0 Å². The second-order valence-electron chi connectivity index (χ2n) is 5.78. The molecule has 0 atom stereocenters. The van der Waals surface area contributed by atoms with Crippen LogP contribution in [0, 0.1) is 11.8 Å². The molecule has 1 aliphatic heterocycles. The lowest BCUT2D eigenvalue weighted by Crippen LogP contribution is -2.36. The fourth-order valence-corrected chi connectivity index (χ4v) is 2.80. The van der Waals surface area contributed by atoms with Crippen molar-refractivity contribution in [1.29, 1.82) is 0 Å². The summed E-state index contributed by atoms with van der Waals surface area (Å²) in [5, 5.41) is 4.20. The monoisotopic (exact) mass is 250 g/mol. The van der Waals surface area contributed by atoms with E-state index < -0.39 is 0 Å². The van der Waals surface area contributed by atoms with Gasteiger partial charge in [-0.3, -0.25) is 4.68 Å². The zero-order valence-corrected chi connectivity index (χ0v) is 11.7. The Bertz CT molecular complexity index is 350. The minimum absolute atomic E-state index is 0.618. The number of hydrogen-bond acceptors (Lipinski definition) is 3. The van der Waals surface area contributed by atoms with E-state index in [2.05, 4.69) is 23.8 Å². The van der Waals surface area contributed by atoms with Gasteiger partial charge in [-0.2, -0.15) is 5.10 Å². The first kappa shape index (κ1) is 13.4. The molecule has 0 radical (unpaired) electrons. The molecule has 0 aromatic carbocycles. The number of rotatable bonds is 5. The average molecular weight is 250 g/mol. The predicted octanol–water partition coefficient (Wildman–Crippen LogP) is 2.22. The van der Waals surface area contributed by atoms with E-state index in [1.54, 1.807) is 0 Å². The number of nitrogens with two attached hydrogens (primary N) is 1. The third kappa shape index (κ3) is 3.73. The molecule has 102 valence electrons.